The van der Waals surface area contributed by atoms with E-state index in [-0.39, 0.29) is 11.7 Å². The van der Waals surface area contributed by atoms with Crippen LogP contribution in [0.15, 0.2) is 60.7 Å². The van der Waals surface area contributed by atoms with Crippen LogP contribution in [-0.4, -0.2) is 47.2 Å². The van der Waals surface area contributed by atoms with Crippen molar-refractivity contribution in [2.45, 2.75) is 13.3 Å². The summed E-state index contributed by atoms with van der Waals surface area (Å²) in [6, 6.07) is 18.1. The van der Waals surface area contributed by atoms with E-state index < -0.39 is 0 Å². The van der Waals surface area contributed by atoms with Gasteiger partial charge >= 0.3 is 0 Å². The van der Waals surface area contributed by atoms with Gasteiger partial charge < -0.3 is 9.80 Å². The molecule has 0 bridgehead atoms. The largest absolute Gasteiger partial charge is 0.352 e. The highest BCUT2D eigenvalue weighted by Crippen LogP contribution is 2.20. The van der Waals surface area contributed by atoms with Gasteiger partial charge in [-0.2, -0.15) is 0 Å². The Kier molecular flexibility index (Phi) is 5.51. The highest BCUT2D eigenvalue weighted by atomic mass is 19.1. The van der Waals surface area contributed by atoms with Crippen LogP contribution in [0.2, 0.25) is 0 Å². The van der Waals surface area contributed by atoms with Crippen LogP contribution in [0.5, 0.6) is 0 Å². The minimum absolute atomic E-state index is 0.159. The Morgan fingerprint density at radius 2 is 1.59 bits per heavy atom. The number of halogens is 1. The fourth-order valence-corrected chi connectivity index (χ4v) is 3.45. The highest BCUT2D eigenvalue weighted by Gasteiger charge is 2.22. The molecule has 4 rings (SSSR count). The van der Waals surface area contributed by atoms with Crippen LogP contribution in [0.3, 0.4) is 0 Å². The number of hydrogen-bond acceptors (Lipinski definition) is 4. The number of nitrogens with zero attached hydrogens (tertiary/aromatic N) is 4. The van der Waals surface area contributed by atoms with Crippen LogP contribution in [0.1, 0.15) is 11.1 Å². The number of carbonyl (C=O) groups is 1. The lowest BCUT2D eigenvalue weighted by atomic mass is 10.1. The Labute approximate surface area is 169 Å². The normalized spacial score (nSPS) is 14.1. The first-order valence-corrected chi connectivity index (χ1v) is 9.76. The first kappa shape index (κ1) is 19.1. The van der Waals surface area contributed by atoms with Crippen LogP contribution >= 0.6 is 0 Å². The number of amides is 1. The van der Waals surface area contributed by atoms with E-state index in [1.807, 2.05) is 48.2 Å². The zero-order valence-electron chi connectivity index (χ0n) is 16.4. The Morgan fingerprint density at radius 3 is 2.21 bits per heavy atom. The molecule has 0 radical (unpaired) electrons. The lowest BCUT2D eigenvalue weighted by Gasteiger charge is -2.35. The lowest BCUT2D eigenvalue weighted by molar-refractivity contribution is -0.130. The van der Waals surface area contributed by atoms with Gasteiger partial charge in [-0.15, -0.1) is 10.2 Å². The van der Waals surface area contributed by atoms with E-state index >= 15 is 0 Å². The van der Waals surface area contributed by atoms with Crippen molar-refractivity contribution in [2.24, 2.45) is 0 Å². The van der Waals surface area contributed by atoms with Crippen molar-refractivity contribution in [2.75, 3.05) is 31.1 Å². The van der Waals surface area contributed by atoms with Crippen LogP contribution < -0.4 is 4.90 Å². The molecule has 1 saturated heterocycles. The van der Waals surface area contributed by atoms with E-state index in [4.69, 9.17) is 0 Å². The second kappa shape index (κ2) is 8.39. The van der Waals surface area contributed by atoms with E-state index in [1.165, 1.54) is 17.7 Å². The summed E-state index contributed by atoms with van der Waals surface area (Å²) in [5.74, 6) is 0.681. The summed E-state index contributed by atoms with van der Waals surface area (Å²) >= 11 is 0. The zero-order valence-corrected chi connectivity index (χ0v) is 16.4. The molecule has 1 fully saturated rings. The third-order valence-electron chi connectivity index (χ3n) is 5.22. The van der Waals surface area contributed by atoms with Gasteiger partial charge in [-0.05, 0) is 48.9 Å². The van der Waals surface area contributed by atoms with Crippen LogP contribution in [-0.2, 0) is 11.2 Å². The maximum Gasteiger partial charge on any atom is 0.227 e. The van der Waals surface area contributed by atoms with Crippen molar-refractivity contribution in [1.29, 1.82) is 0 Å². The number of benzene rings is 2. The average molecular weight is 390 g/mol. The van der Waals surface area contributed by atoms with Crippen LogP contribution in [0.25, 0.3) is 11.3 Å². The summed E-state index contributed by atoms with van der Waals surface area (Å²) in [4.78, 5) is 16.6. The van der Waals surface area contributed by atoms with Gasteiger partial charge in [0, 0.05) is 31.7 Å². The highest BCUT2D eigenvalue weighted by molar-refractivity contribution is 5.79. The molecule has 0 saturated carbocycles. The first-order valence-electron chi connectivity index (χ1n) is 9.76. The van der Waals surface area contributed by atoms with Gasteiger partial charge in [0.05, 0.1) is 12.1 Å². The molecule has 6 heteroatoms. The molecule has 2 aromatic carbocycles. The zero-order chi connectivity index (χ0) is 20.2. The van der Waals surface area contributed by atoms with Crippen molar-refractivity contribution in [3.63, 3.8) is 0 Å². The number of hydrogen-bond donors (Lipinski definition) is 0. The number of piperazine rings is 1. The van der Waals surface area contributed by atoms with Gasteiger partial charge in [0.25, 0.3) is 0 Å². The number of anilines is 1. The van der Waals surface area contributed by atoms with Crippen molar-refractivity contribution in [1.82, 2.24) is 15.1 Å². The van der Waals surface area contributed by atoms with Gasteiger partial charge in [0.2, 0.25) is 5.91 Å². The topological polar surface area (TPSA) is 49.3 Å². The molecule has 1 aliphatic heterocycles. The molecule has 3 aromatic rings. The number of aryl methyl sites for hydroxylation is 1. The quantitative estimate of drug-likeness (QED) is 0.684. The molecule has 5 nitrogen and oxygen atoms in total. The molecule has 0 aliphatic carbocycles. The van der Waals surface area contributed by atoms with Crippen LogP contribution in [0.4, 0.5) is 10.2 Å². The van der Waals surface area contributed by atoms with E-state index in [0.717, 1.165) is 30.0 Å². The number of aromatic nitrogens is 2. The molecule has 1 aliphatic rings. The predicted molar refractivity (Wildman–Crippen MR) is 111 cm³/mol. The minimum Gasteiger partial charge on any atom is -0.352 e. The van der Waals surface area contributed by atoms with E-state index in [1.54, 1.807) is 12.1 Å². The van der Waals surface area contributed by atoms with Crippen molar-refractivity contribution >= 4 is 11.7 Å². The Morgan fingerprint density at radius 1 is 0.897 bits per heavy atom. The first-order chi connectivity index (χ1) is 14.1. The standard InChI is InChI=1S/C23H23FN4O/c1-17-2-4-18(5-3-17)16-23(29)28-14-12-27(13-15-28)22-11-10-21(25-26-22)19-6-8-20(24)9-7-19/h2-11H,12-16H2,1H3. The predicted octanol–water partition coefficient (Wildman–Crippen LogP) is 3.48. The van der Waals surface area contributed by atoms with Crippen molar-refractivity contribution in [3.05, 3.63) is 77.6 Å². The smallest absolute Gasteiger partial charge is 0.227 e. The maximum absolute atomic E-state index is 13.1. The second-order valence-corrected chi connectivity index (χ2v) is 7.31. The number of rotatable bonds is 4. The molecular formula is C23H23FN4O. The molecule has 0 unspecified atom stereocenters. The minimum atomic E-state index is -0.270. The fourth-order valence-electron chi connectivity index (χ4n) is 3.45. The monoisotopic (exact) mass is 390 g/mol. The number of carbonyl (C=O) groups excluding carboxylic acids is 1. The van der Waals surface area contributed by atoms with E-state index in [0.29, 0.717) is 25.2 Å². The summed E-state index contributed by atoms with van der Waals surface area (Å²) in [7, 11) is 0. The Balaban J connectivity index is 1.33. The summed E-state index contributed by atoms with van der Waals surface area (Å²) in [5.41, 5.74) is 3.78. The molecule has 0 N–H and O–H groups in total. The van der Waals surface area contributed by atoms with Crippen molar-refractivity contribution in [3.8, 4) is 11.3 Å². The average Bonchev–Trinajstić information content (AvgIpc) is 2.76. The summed E-state index contributed by atoms with van der Waals surface area (Å²) in [5, 5.41) is 8.60. The molecule has 0 spiro atoms. The third-order valence-corrected chi connectivity index (χ3v) is 5.22. The Hall–Kier alpha value is -3.28. The fraction of sp³-hybridized carbons (Fsp3) is 0.261. The molecular weight excluding hydrogens is 367 g/mol. The van der Waals surface area contributed by atoms with Gasteiger partial charge in [0.15, 0.2) is 5.82 Å². The third kappa shape index (κ3) is 4.59. The molecule has 2 heterocycles. The summed E-state index contributed by atoms with van der Waals surface area (Å²) < 4.78 is 13.1. The SMILES string of the molecule is Cc1ccc(CC(=O)N2CCN(c3ccc(-c4ccc(F)cc4)nn3)CC2)cc1. The summed E-state index contributed by atoms with van der Waals surface area (Å²) in [6.07, 6.45) is 0.437. The molecule has 148 valence electrons. The molecule has 0 atom stereocenters. The Bertz CT molecular complexity index is 963. The second-order valence-electron chi connectivity index (χ2n) is 7.31. The van der Waals surface area contributed by atoms with Gasteiger partial charge in [-0.25, -0.2) is 4.39 Å². The van der Waals surface area contributed by atoms with Gasteiger partial charge in [0.1, 0.15) is 5.82 Å². The van der Waals surface area contributed by atoms with Gasteiger partial charge in [-0.3, -0.25) is 4.79 Å². The lowest BCUT2D eigenvalue weighted by Crippen LogP contribution is -2.49. The molecule has 1 amide bonds. The van der Waals surface area contributed by atoms with E-state index in [9.17, 15) is 9.18 Å². The van der Waals surface area contributed by atoms with Gasteiger partial charge in [-0.1, -0.05) is 29.8 Å². The van der Waals surface area contributed by atoms with E-state index in [2.05, 4.69) is 15.1 Å². The summed E-state index contributed by atoms with van der Waals surface area (Å²) in [6.45, 7) is 4.84. The van der Waals surface area contributed by atoms with Crippen LogP contribution in [0, 0.1) is 12.7 Å². The molecule has 29 heavy (non-hydrogen) atoms. The maximum atomic E-state index is 13.1. The molecule has 1 aromatic heterocycles. The van der Waals surface area contributed by atoms with Crippen molar-refractivity contribution < 1.29 is 9.18 Å².